The van der Waals surface area contributed by atoms with Crippen molar-refractivity contribution in [2.45, 2.75) is 6.92 Å². The average molecular weight is 251 g/mol. The summed E-state index contributed by atoms with van der Waals surface area (Å²) in [6, 6.07) is 0. The van der Waals surface area contributed by atoms with Crippen LogP contribution in [0, 0.1) is 0 Å². The second-order valence-electron chi connectivity index (χ2n) is 4.19. The number of nitrogens with zero attached hydrogens (tertiary/aromatic N) is 3. The zero-order chi connectivity index (χ0) is 12.6. The molecule has 100 valence electrons. The normalized spacial score (nSPS) is 16.5. The van der Waals surface area contributed by atoms with E-state index < -0.39 is 0 Å². The number of aromatic nitrogens is 2. The number of hydrogen-bond acceptors (Lipinski definition) is 6. The summed E-state index contributed by atoms with van der Waals surface area (Å²) < 4.78 is 5.31. The maximum Gasteiger partial charge on any atom is 0.234 e. The Balaban J connectivity index is 1.73. The van der Waals surface area contributed by atoms with Crippen LogP contribution in [0.4, 0.5) is 5.82 Å². The van der Waals surface area contributed by atoms with E-state index in [4.69, 9.17) is 4.74 Å². The van der Waals surface area contributed by atoms with Crippen LogP contribution in [0.3, 0.4) is 0 Å². The lowest BCUT2D eigenvalue weighted by atomic mass is 10.3. The maximum atomic E-state index is 5.31. The zero-order valence-electron chi connectivity index (χ0n) is 10.9. The smallest absolute Gasteiger partial charge is 0.234 e. The van der Waals surface area contributed by atoms with Crippen LogP contribution < -0.4 is 15.4 Å². The van der Waals surface area contributed by atoms with Gasteiger partial charge in [-0.1, -0.05) is 0 Å². The van der Waals surface area contributed by atoms with Gasteiger partial charge >= 0.3 is 0 Å². The van der Waals surface area contributed by atoms with Gasteiger partial charge in [-0.3, -0.25) is 9.88 Å². The summed E-state index contributed by atoms with van der Waals surface area (Å²) in [7, 11) is 0. The molecule has 0 radical (unpaired) electrons. The molecule has 2 heterocycles. The first kappa shape index (κ1) is 13.0. The van der Waals surface area contributed by atoms with Gasteiger partial charge < -0.3 is 15.4 Å². The van der Waals surface area contributed by atoms with Gasteiger partial charge in [0.15, 0.2) is 0 Å². The fraction of sp³-hybridized carbons (Fsp3) is 0.667. The summed E-state index contributed by atoms with van der Waals surface area (Å²) >= 11 is 0. The number of ether oxygens (including phenoxy) is 1. The Morgan fingerprint density at radius 1 is 1.39 bits per heavy atom. The molecular formula is C12H21N5O. The lowest BCUT2D eigenvalue weighted by Gasteiger charge is -2.27. The molecule has 0 aromatic carbocycles. The Morgan fingerprint density at radius 2 is 2.22 bits per heavy atom. The molecule has 1 aliphatic rings. The third-order valence-electron chi connectivity index (χ3n) is 2.85. The quantitative estimate of drug-likeness (QED) is 0.753. The van der Waals surface area contributed by atoms with Crippen molar-refractivity contribution in [3.8, 4) is 5.88 Å². The van der Waals surface area contributed by atoms with E-state index in [9.17, 15) is 0 Å². The van der Waals surface area contributed by atoms with Crippen molar-refractivity contribution in [1.29, 1.82) is 0 Å². The molecule has 0 aliphatic carbocycles. The Morgan fingerprint density at radius 3 is 3.00 bits per heavy atom. The summed E-state index contributed by atoms with van der Waals surface area (Å²) in [6.07, 6.45) is 3.35. The van der Waals surface area contributed by atoms with Gasteiger partial charge in [0.05, 0.1) is 19.0 Å². The minimum Gasteiger partial charge on any atom is -0.477 e. The van der Waals surface area contributed by atoms with Crippen LogP contribution in [0.5, 0.6) is 5.88 Å². The van der Waals surface area contributed by atoms with Gasteiger partial charge in [-0.25, -0.2) is 0 Å². The van der Waals surface area contributed by atoms with Crippen LogP contribution in [0.25, 0.3) is 0 Å². The molecule has 0 unspecified atom stereocenters. The van der Waals surface area contributed by atoms with E-state index in [1.165, 1.54) is 0 Å². The molecule has 6 nitrogen and oxygen atoms in total. The van der Waals surface area contributed by atoms with Crippen molar-refractivity contribution in [2.24, 2.45) is 0 Å². The van der Waals surface area contributed by atoms with E-state index in [1.54, 1.807) is 12.4 Å². The van der Waals surface area contributed by atoms with Crippen molar-refractivity contribution < 1.29 is 4.74 Å². The highest BCUT2D eigenvalue weighted by Gasteiger charge is 2.08. The maximum absolute atomic E-state index is 5.31. The molecule has 0 saturated carbocycles. The topological polar surface area (TPSA) is 62.3 Å². The predicted octanol–water partition coefficient (Wildman–Crippen LogP) is 0.192. The molecule has 1 aliphatic heterocycles. The van der Waals surface area contributed by atoms with Crippen molar-refractivity contribution in [3.05, 3.63) is 12.4 Å². The van der Waals surface area contributed by atoms with E-state index in [1.807, 2.05) is 6.92 Å². The first-order valence-electron chi connectivity index (χ1n) is 6.50. The SMILES string of the molecule is CCOc1cncc(NCCN2CCNCC2)n1. The van der Waals surface area contributed by atoms with Crippen LogP contribution in [-0.2, 0) is 0 Å². The van der Waals surface area contributed by atoms with Crippen LogP contribution in [0.15, 0.2) is 12.4 Å². The number of anilines is 1. The van der Waals surface area contributed by atoms with Crippen molar-refractivity contribution in [2.75, 3.05) is 51.2 Å². The van der Waals surface area contributed by atoms with Crippen molar-refractivity contribution in [1.82, 2.24) is 20.2 Å². The second-order valence-corrected chi connectivity index (χ2v) is 4.19. The molecule has 1 aromatic rings. The Bertz CT molecular complexity index is 354. The van der Waals surface area contributed by atoms with Gasteiger partial charge in [-0.05, 0) is 6.92 Å². The van der Waals surface area contributed by atoms with Crippen molar-refractivity contribution >= 4 is 5.82 Å². The van der Waals surface area contributed by atoms with Gasteiger partial charge in [0.25, 0.3) is 0 Å². The number of piperazine rings is 1. The first-order chi connectivity index (χ1) is 8.88. The molecule has 2 rings (SSSR count). The molecule has 6 heteroatoms. The molecule has 1 fully saturated rings. The van der Waals surface area contributed by atoms with Gasteiger partial charge in [0.2, 0.25) is 5.88 Å². The van der Waals surface area contributed by atoms with E-state index in [2.05, 4.69) is 25.5 Å². The summed E-state index contributed by atoms with van der Waals surface area (Å²) in [5, 5.41) is 6.62. The third-order valence-corrected chi connectivity index (χ3v) is 2.85. The summed E-state index contributed by atoms with van der Waals surface area (Å²) in [6.45, 7) is 8.86. The Hall–Kier alpha value is -1.40. The highest BCUT2D eigenvalue weighted by atomic mass is 16.5. The molecule has 1 aromatic heterocycles. The fourth-order valence-electron chi connectivity index (χ4n) is 1.93. The highest BCUT2D eigenvalue weighted by molar-refractivity contribution is 5.33. The molecule has 0 spiro atoms. The lowest BCUT2D eigenvalue weighted by Crippen LogP contribution is -2.45. The number of rotatable bonds is 6. The van der Waals surface area contributed by atoms with E-state index in [0.717, 1.165) is 45.1 Å². The minimum absolute atomic E-state index is 0.574. The lowest BCUT2D eigenvalue weighted by molar-refractivity contribution is 0.249. The van der Waals surface area contributed by atoms with E-state index in [0.29, 0.717) is 12.5 Å². The van der Waals surface area contributed by atoms with Gasteiger partial charge in [-0.15, -0.1) is 0 Å². The van der Waals surface area contributed by atoms with Gasteiger partial charge in [-0.2, -0.15) is 4.98 Å². The Kier molecular flexibility index (Phi) is 5.16. The average Bonchev–Trinajstić information content (AvgIpc) is 2.41. The molecule has 18 heavy (non-hydrogen) atoms. The zero-order valence-corrected chi connectivity index (χ0v) is 10.9. The molecule has 1 saturated heterocycles. The standard InChI is InChI=1S/C12H21N5O/c1-2-18-12-10-14-9-11(16-12)15-5-8-17-6-3-13-4-7-17/h9-10,13H,2-8H2,1H3,(H,15,16). The summed E-state index contributed by atoms with van der Waals surface area (Å²) in [5.74, 6) is 1.35. The van der Waals surface area contributed by atoms with Crippen LogP contribution in [0.1, 0.15) is 6.92 Å². The molecule has 2 N–H and O–H groups in total. The van der Waals surface area contributed by atoms with E-state index in [-0.39, 0.29) is 0 Å². The number of hydrogen-bond donors (Lipinski definition) is 2. The van der Waals surface area contributed by atoms with Crippen LogP contribution in [0.2, 0.25) is 0 Å². The van der Waals surface area contributed by atoms with Crippen molar-refractivity contribution in [3.63, 3.8) is 0 Å². The third kappa shape index (κ3) is 4.12. The monoisotopic (exact) mass is 251 g/mol. The highest BCUT2D eigenvalue weighted by Crippen LogP contribution is 2.08. The minimum atomic E-state index is 0.574. The molecule has 0 atom stereocenters. The number of nitrogens with one attached hydrogen (secondary N) is 2. The second kappa shape index (κ2) is 7.13. The molecule has 0 amide bonds. The largest absolute Gasteiger partial charge is 0.477 e. The summed E-state index contributed by atoms with van der Waals surface area (Å²) in [4.78, 5) is 10.8. The van der Waals surface area contributed by atoms with Crippen LogP contribution in [-0.4, -0.2) is 60.7 Å². The summed E-state index contributed by atoms with van der Waals surface area (Å²) in [5.41, 5.74) is 0. The van der Waals surface area contributed by atoms with Crippen LogP contribution >= 0.6 is 0 Å². The predicted molar refractivity (Wildman–Crippen MR) is 71.0 cm³/mol. The Labute approximate surface area is 108 Å². The van der Waals surface area contributed by atoms with E-state index >= 15 is 0 Å². The molecular weight excluding hydrogens is 230 g/mol. The van der Waals surface area contributed by atoms with Gasteiger partial charge in [0.1, 0.15) is 5.82 Å². The molecule has 0 bridgehead atoms. The fourth-order valence-corrected chi connectivity index (χ4v) is 1.93. The van der Waals surface area contributed by atoms with Gasteiger partial charge in [0, 0.05) is 39.3 Å². The first-order valence-corrected chi connectivity index (χ1v) is 6.50.